The van der Waals surface area contributed by atoms with Crippen LogP contribution >= 0.6 is 0 Å². The largest absolute Gasteiger partial charge is 0.505 e. The average Bonchev–Trinajstić information content (AvgIpc) is 3.35. The van der Waals surface area contributed by atoms with Crippen molar-refractivity contribution in [3.05, 3.63) is 111 Å². The van der Waals surface area contributed by atoms with Gasteiger partial charge in [-0.1, -0.05) is 24.3 Å². The highest BCUT2D eigenvalue weighted by Gasteiger charge is 2.47. The number of carbonyl (C=O) groups excluding carboxylic acids is 2. The number of imidazole rings is 1. The summed E-state index contributed by atoms with van der Waals surface area (Å²) in [6.45, 7) is 3.65. The van der Waals surface area contributed by atoms with E-state index in [0.29, 0.717) is 22.5 Å². The molecule has 1 amide bonds. The first kappa shape index (κ1) is 22.9. The highest BCUT2D eigenvalue weighted by Crippen LogP contribution is 2.41. The minimum Gasteiger partial charge on any atom is -0.505 e. The first-order valence-corrected chi connectivity index (χ1v) is 11.1. The number of aliphatic hydroxyl groups is 1. The third-order valence-electron chi connectivity index (χ3n) is 6.32. The van der Waals surface area contributed by atoms with Crippen LogP contribution in [0.3, 0.4) is 0 Å². The molecule has 0 saturated carbocycles. The second kappa shape index (κ2) is 8.73. The Morgan fingerprint density at radius 2 is 1.94 bits per heavy atom. The molecule has 1 aliphatic rings. The molecule has 1 unspecified atom stereocenters. The van der Waals surface area contributed by atoms with Crippen molar-refractivity contribution in [2.45, 2.75) is 26.4 Å². The smallest absolute Gasteiger partial charge is 0.295 e. The van der Waals surface area contributed by atoms with Gasteiger partial charge in [-0.15, -0.1) is 0 Å². The Morgan fingerprint density at radius 1 is 1.14 bits per heavy atom. The molecule has 36 heavy (non-hydrogen) atoms. The molecule has 1 fully saturated rings. The lowest BCUT2D eigenvalue weighted by atomic mass is 9.96. The van der Waals surface area contributed by atoms with Gasteiger partial charge in [-0.25, -0.2) is 4.98 Å². The summed E-state index contributed by atoms with van der Waals surface area (Å²) >= 11 is 0. The summed E-state index contributed by atoms with van der Waals surface area (Å²) in [6, 6.07) is 11.8. The number of likely N-dealkylation sites (tertiary alicyclic amines) is 1. The van der Waals surface area contributed by atoms with Crippen LogP contribution in [0.5, 0.6) is 0 Å². The maximum absolute atomic E-state index is 13.3. The van der Waals surface area contributed by atoms with E-state index in [-0.39, 0.29) is 23.5 Å². The van der Waals surface area contributed by atoms with Gasteiger partial charge in [0, 0.05) is 37.3 Å². The Morgan fingerprint density at radius 3 is 2.64 bits per heavy atom. The maximum Gasteiger partial charge on any atom is 0.295 e. The molecule has 4 aromatic rings. The van der Waals surface area contributed by atoms with E-state index in [0.717, 1.165) is 5.56 Å². The number of Topliss-reactive ketones (excluding diaryl/α,β-unsaturated/α-hetero) is 1. The molecule has 180 valence electrons. The van der Waals surface area contributed by atoms with Gasteiger partial charge < -0.3 is 14.4 Å². The minimum absolute atomic E-state index is 0.0197. The van der Waals surface area contributed by atoms with Crippen LogP contribution in [0.25, 0.3) is 11.4 Å². The van der Waals surface area contributed by atoms with E-state index < -0.39 is 28.4 Å². The zero-order valence-electron chi connectivity index (χ0n) is 19.5. The number of carbonyl (C=O) groups is 2. The van der Waals surface area contributed by atoms with Gasteiger partial charge in [0.1, 0.15) is 11.3 Å². The topological polar surface area (TPSA) is 131 Å². The number of pyridine rings is 2. The summed E-state index contributed by atoms with van der Waals surface area (Å²) in [7, 11) is 0. The van der Waals surface area contributed by atoms with E-state index in [4.69, 9.17) is 0 Å². The van der Waals surface area contributed by atoms with Crippen molar-refractivity contribution in [1.82, 2.24) is 19.3 Å². The van der Waals surface area contributed by atoms with E-state index in [2.05, 4.69) is 9.97 Å². The molecule has 0 bridgehead atoms. The van der Waals surface area contributed by atoms with Gasteiger partial charge in [0.15, 0.2) is 5.76 Å². The van der Waals surface area contributed by atoms with Crippen LogP contribution in [0.15, 0.2) is 72.7 Å². The summed E-state index contributed by atoms with van der Waals surface area (Å²) in [6.07, 6.45) is 4.95. The lowest BCUT2D eigenvalue weighted by Crippen LogP contribution is -2.29. The number of non-ortho nitro benzene ring substituents is 1. The number of aliphatic hydroxyl groups excluding tert-OH is 1. The maximum atomic E-state index is 13.3. The van der Waals surface area contributed by atoms with Crippen LogP contribution in [0.1, 0.15) is 34.1 Å². The first-order chi connectivity index (χ1) is 17.3. The molecular weight excluding hydrogens is 462 g/mol. The summed E-state index contributed by atoms with van der Waals surface area (Å²) in [5.41, 5.74) is 2.84. The Hall–Kier alpha value is -4.86. The monoisotopic (exact) mass is 483 g/mol. The van der Waals surface area contributed by atoms with Gasteiger partial charge in [-0.3, -0.25) is 24.7 Å². The van der Waals surface area contributed by atoms with Gasteiger partial charge in [-0.2, -0.15) is 0 Å². The molecule has 5 rings (SSSR count). The number of amides is 1. The van der Waals surface area contributed by atoms with E-state index >= 15 is 0 Å². The number of hydrogen-bond donors (Lipinski definition) is 1. The highest BCUT2D eigenvalue weighted by molar-refractivity contribution is 6.46. The van der Waals surface area contributed by atoms with E-state index in [9.17, 15) is 24.8 Å². The Balaban J connectivity index is 1.73. The number of nitro benzene ring substituents is 1. The molecule has 0 spiro atoms. The molecule has 10 nitrogen and oxygen atoms in total. The number of aryl methyl sites for hydroxylation is 2. The van der Waals surface area contributed by atoms with Crippen LogP contribution in [0.4, 0.5) is 5.69 Å². The zero-order valence-corrected chi connectivity index (χ0v) is 19.5. The fourth-order valence-electron chi connectivity index (χ4n) is 4.56. The van der Waals surface area contributed by atoms with Gasteiger partial charge >= 0.3 is 0 Å². The molecule has 1 N–H and O–H groups in total. The van der Waals surface area contributed by atoms with Crippen molar-refractivity contribution < 1.29 is 19.6 Å². The van der Waals surface area contributed by atoms with Crippen LogP contribution in [0.2, 0.25) is 0 Å². The molecule has 0 radical (unpaired) electrons. The van der Waals surface area contributed by atoms with Crippen LogP contribution in [-0.2, 0) is 16.1 Å². The van der Waals surface area contributed by atoms with Gasteiger partial charge in [0.2, 0.25) is 0 Å². The number of ketones is 1. The molecule has 1 saturated heterocycles. The number of fused-ring (bicyclic) bond motifs is 1. The second-order valence-electron chi connectivity index (χ2n) is 8.57. The first-order valence-electron chi connectivity index (χ1n) is 11.1. The summed E-state index contributed by atoms with van der Waals surface area (Å²) in [5, 5.41) is 22.9. The van der Waals surface area contributed by atoms with Crippen LogP contribution in [-0.4, -0.2) is 41.0 Å². The average molecular weight is 483 g/mol. The van der Waals surface area contributed by atoms with Crippen molar-refractivity contribution in [3.63, 3.8) is 0 Å². The van der Waals surface area contributed by atoms with Crippen molar-refractivity contribution in [2.24, 2.45) is 0 Å². The summed E-state index contributed by atoms with van der Waals surface area (Å²) < 4.78 is 1.79. The SMILES string of the molecule is Cc1cccn2c(C)c(/C(O)=C3\C(=O)C(=O)N(Cc4cccnc4)C3c3cccc([N+](=O)[O-])c3)nc12. The van der Waals surface area contributed by atoms with E-state index in [1.165, 1.54) is 23.1 Å². The zero-order chi connectivity index (χ0) is 25.6. The number of rotatable bonds is 5. The predicted molar refractivity (Wildman–Crippen MR) is 130 cm³/mol. The van der Waals surface area contributed by atoms with Gasteiger partial charge in [0.25, 0.3) is 17.4 Å². The highest BCUT2D eigenvalue weighted by atomic mass is 16.6. The van der Waals surface area contributed by atoms with Crippen molar-refractivity contribution >= 4 is 28.8 Å². The van der Waals surface area contributed by atoms with Crippen LogP contribution < -0.4 is 0 Å². The van der Waals surface area contributed by atoms with Crippen molar-refractivity contribution in [1.29, 1.82) is 0 Å². The lowest BCUT2D eigenvalue weighted by molar-refractivity contribution is -0.384. The summed E-state index contributed by atoms with van der Waals surface area (Å²) in [4.78, 5) is 47.4. The van der Waals surface area contributed by atoms with Gasteiger partial charge in [-0.05, 0) is 42.7 Å². The third kappa shape index (κ3) is 3.68. The Bertz CT molecular complexity index is 1570. The second-order valence-corrected chi connectivity index (χ2v) is 8.57. The normalized spacial score (nSPS) is 17.2. The summed E-state index contributed by atoms with van der Waals surface area (Å²) in [5.74, 6) is -2.14. The molecular formula is C26H21N5O5. The van der Waals surface area contributed by atoms with E-state index in [1.54, 1.807) is 48.1 Å². The van der Waals surface area contributed by atoms with Gasteiger partial charge in [0.05, 0.1) is 22.2 Å². The predicted octanol–water partition coefficient (Wildman–Crippen LogP) is 3.88. The standard InChI is InChI=1S/C26H21N5O5/c1-15-6-5-11-29-16(2)21(28-25(15)29)23(32)20-22(18-8-3-9-19(12-18)31(35)36)30(26(34)24(20)33)14-17-7-4-10-27-13-17/h3-13,22,32H,14H2,1-2H3/b23-20+. The fourth-order valence-corrected chi connectivity index (χ4v) is 4.56. The Labute approximate surface area is 205 Å². The van der Waals surface area contributed by atoms with Crippen molar-refractivity contribution in [2.75, 3.05) is 0 Å². The molecule has 1 aromatic carbocycles. The van der Waals surface area contributed by atoms with E-state index in [1.807, 2.05) is 19.1 Å². The number of nitrogens with zero attached hydrogens (tertiary/aromatic N) is 5. The molecule has 10 heteroatoms. The Kier molecular flexibility index (Phi) is 5.56. The van der Waals surface area contributed by atoms with Crippen LogP contribution in [0, 0.1) is 24.0 Å². The quantitative estimate of drug-likeness (QED) is 0.150. The number of aromatic nitrogens is 3. The number of nitro groups is 1. The minimum atomic E-state index is -1.06. The molecule has 3 aromatic heterocycles. The number of hydrogen-bond acceptors (Lipinski definition) is 7. The molecule has 0 aliphatic carbocycles. The third-order valence-corrected chi connectivity index (χ3v) is 6.32. The fraction of sp³-hybridized carbons (Fsp3) is 0.154. The molecule has 4 heterocycles. The molecule has 1 aliphatic heterocycles. The number of benzene rings is 1. The molecule has 1 atom stereocenters. The van der Waals surface area contributed by atoms with Crippen molar-refractivity contribution in [3.8, 4) is 0 Å². The lowest BCUT2D eigenvalue weighted by Gasteiger charge is -2.25.